The second kappa shape index (κ2) is 6.23. The van der Waals surface area contributed by atoms with Gasteiger partial charge >= 0.3 is 0 Å². The molecular weight excluding hydrogens is 291 g/mol. The third-order valence-electron chi connectivity index (χ3n) is 4.07. The molecule has 2 nitrogen and oxygen atoms in total. The smallest absolute Gasteiger partial charge is 0.0519 e. The first-order valence-electron chi connectivity index (χ1n) is 7.28. The second-order valence-electron chi connectivity index (χ2n) is 6.63. The molecule has 1 aliphatic rings. The van der Waals surface area contributed by atoms with Crippen LogP contribution in [0.4, 0.5) is 0 Å². The molecule has 0 spiro atoms. The van der Waals surface area contributed by atoms with Gasteiger partial charge in [0.1, 0.15) is 0 Å². The van der Waals surface area contributed by atoms with Gasteiger partial charge < -0.3 is 5.73 Å². The van der Waals surface area contributed by atoms with E-state index in [0.717, 1.165) is 18.5 Å². The summed E-state index contributed by atoms with van der Waals surface area (Å²) in [7, 11) is 0. The summed E-state index contributed by atoms with van der Waals surface area (Å²) in [6.07, 6.45) is 3.40. The molecule has 0 aromatic heterocycles. The normalized spacial score (nSPS) is 25.5. The van der Waals surface area contributed by atoms with Gasteiger partial charge in [0.25, 0.3) is 0 Å². The van der Waals surface area contributed by atoms with Crippen LogP contribution in [-0.4, -0.2) is 23.0 Å². The number of rotatable bonds is 1. The first kappa shape index (κ1) is 16.1. The number of halogens is 2. The molecule has 1 heterocycles. The fourth-order valence-corrected chi connectivity index (χ4v) is 3.60. The van der Waals surface area contributed by atoms with E-state index in [1.807, 2.05) is 18.2 Å². The molecule has 1 aliphatic heterocycles. The molecule has 1 fully saturated rings. The van der Waals surface area contributed by atoms with Crippen molar-refractivity contribution in [3.05, 3.63) is 33.8 Å². The minimum absolute atomic E-state index is 0.0651. The van der Waals surface area contributed by atoms with E-state index in [2.05, 4.69) is 25.7 Å². The first-order chi connectivity index (χ1) is 9.30. The van der Waals surface area contributed by atoms with Crippen molar-refractivity contribution in [3.8, 4) is 0 Å². The minimum Gasteiger partial charge on any atom is -0.326 e. The molecule has 1 aromatic carbocycles. The van der Waals surface area contributed by atoms with Crippen LogP contribution in [0.25, 0.3) is 0 Å². The summed E-state index contributed by atoms with van der Waals surface area (Å²) in [5.41, 5.74) is 7.63. The minimum atomic E-state index is 0.0651. The lowest BCUT2D eigenvalue weighted by Crippen LogP contribution is -2.49. The lowest BCUT2D eigenvalue weighted by atomic mass is 9.92. The standard InChI is InChI=1S/C16H24Cl2N2/c1-16(2,3)20-9-5-4-6-14(19)15(20)12-8-7-11(17)10-13(12)18/h7-8,10,14-15H,4-6,9,19H2,1-3H3. The highest BCUT2D eigenvalue weighted by molar-refractivity contribution is 6.35. The Labute approximate surface area is 132 Å². The number of benzene rings is 1. The summed E-state index contributed by atoms with van der Waals surface area (Å²) in [6.45, 7) is 7.77. The van der Waals surface area contributed by atoms with Crippen molar-refractivity contribution < 1.29 is 0 Å². The Morgan fingerprint density at radius 2 is 1.90 bits per heavy atom. The van der Waals surface area contributed by atoms with E-state index in [1.165, 1.54) is 12.8 Å². The maximum Gasteiger partial charge on any atom is 0.0519 e. The molecule has 1 aromatic rings. The van der Waals surface area contributed by atoms with Crippen LogP contribution in [0.1, 0.15) is 51.6 Å². The number of nitrogens with two attached hydrogens (primary N) is 1. The highest BCUT2D eigenvalue weighted by Gasteiger charge is 2.36. The van der Waals surface area contributed by atoms with Gasteiger partial charge in [-0.3, -0.25) is 4.90 Å². The van der Waals surface area contributed by atoms with Crippen LogP contribution in [0, 0.1) is 0 Å². The molecule has 0 radical (unpaired) electrons. The Bertz CT molecular complexity index is 468. The topological polar surface area (TPSA) is 29.3 Å². The summed E-state index contributed by atoms with van der Waals surface area (Å²) in [5.74, 6) is 0. The molecule has 0 bridgehead atoms. The summed E-state index contributed by atoms with van der Waals surface area (Å²) < 4.78 is 0. The van der Waals surface area contributed by atoms with E-state index in [-0.39, 0.29) is 17.6 Å². The maximum atomic E-state index is 6.47. The van der Waals surface area contributed by atoms with Gasteiger partial charge in [0.05, 0.1) is 6.04 Å². The zero-order valence-electron chi connectivity index (χ0n) is 12.5. The van der Waals surface area contributed by atoms with Crippen LogP contribution in [0.3, 0.4) is 0 Å². The largest absolute Gasteiger partial charge is 0.326 e. The SMILES string of the molecule is CC(C)(C)N1CCCCC(N)C1c1ccc(Cl)cc1Cl. The van der Waals surface area contributed by atoms with Crippen LogP contribution in [0.5, 0.6) is 0 Å². The molecule has 0 saturated carbocycles. The zero-order valence-corrected chi connectivity index (χ0v) is 14.0. The van der Waals surface area contributed by atoms with Crippen molar-refractivity contribution in [1.82, 2.24) is 4.90 Å². The van der Waals surface area contributed by atoms with Gasteiger partial charge in [0.2, 0.25) is 0 Å². The van der Waals surface area contributed by atoms with Crippen molar-refractivity contribution in [2.45, 2.75) is 57.7 Å². The monoisotopic (exact) mass is 314 g/mol. The average Bonchev–Trinajstić information content (AvgIpc) is 2.51. The predicted octanol–water partition coefficient (Wildman–Crippen LogP) is 4.65. The molecule has 1 saturated heterocycles. The number of likely N-dealkylation sites (tertiary alicyclic amines) is 1. The molecule has 20 heavy (non-hydrogen) atoms. The average molecular weight is 315 g/mol. The van der Waals surface area contributed by atoms with Gasteiger partial charge in [-0.25, -0.2) is 0 Å². The van der Waals surface area contributed by atoms with Crippen molar-refractivity contribution in [3.63, 3.8) is 0 Å². The summed E-state index contributed by atoms with van der Waals surface area (Å²) in [4.78, 5) is 2.49. The van der Waals surface area contributed by atoms with Gasteiger partial charge in [0.15, 0.2) is 0 Å². The van der Waals surface area contributed by atoms with E-state index in [9.17, 15) is 0 Å². The Morgan fingerprint density at radius 1 is 1.20 bits per heavy atom. The Morgan fingerprint density at radius 3 is 2.50 bits per heavy atom. The molecule has 112 valence electrons. The molecule has 0 aliphatic carbocycles. The Hall–Kier alpha value is -0.280. The van der Waals surface area contributed by atoms with Crippen molar-refractivity contribution >= 4 is 23.2 Å². The Balaban J connectivity index is 2.45. The van der Waals surface area contributed by atoms with E-state index in [4.69, 9.17) is 28.9 Å². The van der Waals surface area contributed by atoms with Crippen LogP contribution in [0.15, 0.2) is 18.2 Å². The lowest BCUT2D eigenvalue weighted by molar-refractivity contribution is 0.0756. The number of hydrogen-bond donors (Lipinski definition) is 1. The number of nitrogens with zero attached hydrogens (tertiary/aromatic N) is 1. The van der Waals surface area contributed by atoms with Gasteiger partial charge in [-0.15, -0.1) is 0 Å². The van der Waals surface area contributed by atoms with Crippen molar-refractivity contribution in [2.75, 3.05) is 6.54 Å². The van der Waals surface area contributed by atoms with Crippen molar-refractivity contribution in [2.24, 2.45) is 5.73 Å². The quantitative estimate of drug-likeness (QED) is 0.817. The van der Waals surface area contributed by atoms with Gasteiger partial charge in [-0.1, -0.05) is 35.7 Å². The predicted molar refractivity (Wildman–Crippen MR) is 87.5 cm³/mol. The van der Waals surface area contributed by atoms with E-state index < -0.39 is 0 Å². The van der Waals surface area contributed by atoms with Crippen LogP contribution < -0.4 is 5.73 Å². The molecule has 2 rings (SSSR count). The van der Waals surface area contributed by atoms with E-state index >= 15 is 0 Å². The molecule has 2 unspecified atom stereocenters. The third kappa shape index (κ3) is 3.48. The fourth-order valence-electron chi connectivity index (χ4n) is 3.08. The highest BCUT2D eigenvalue weighted by atomic mass is 35.5. The zero-order chi connectivity index (χ0) is 14.9. The second-order valence-corrected chi connectivity index (χ2v) is 7.48. The number of hydrogen-bond acceptors (Lipinski definition) is 2. The third-order valence-corrected chi connectivity index (χ3v) is 4.63. The van der Waals surface area contributed by atoms with Crippen LogP contribution in [-0.2, 0) is 0 Å². The highest BCUT2D eigenvalue weighted by Crippen LogP contribution is 2.38. The molecule has 2 atom stereocenters. The van der Waals surface area contributed by atoms with E-state index in [0.29, 0.717) is 10.0 Å². The summed E-state index contributed by atoms with van der Waals surface area (Å²) >= 11 is 12.5. The van der Waals surface area contributed by atoms with Crippen LogP contribution >= 0.6 is 23.2 Å². The molecule has 4 heteroatoms. The van der Waals surface area contributed by atoms with Gasteiger partial charge in [0, 0.05) is 21.6 Å². The van der Waals surface area contributed by atoms with Gasteiger partial charge in [-0.05, 0) is 57.9 Å². The Kier molecular flexibility index (Phi) is 5.01. The summed E-state index contributed by atoms with van der Waals surface area (Å²) in [5, 5.41) is 1.39. The molecule has 0 amide bonds. The summed E-state index contributed by atoms with van der Waals surface area (Å²) in [6, 6.07) is 6.01. The molecular formula is C16H24Cl2N2. The van der Waals surface area contributed by atoms with Crippen molar-refractivity contribution in [1.29, 1.82) is 0 Å². The lowest BCUT2D eigenvalue weighted by Gasteiger charge is -2.43. The molecule has 2 N–H and O–H groups in total. The fraction of sp³-hybridized carbons (Fsp3) is 0.625. The van der Waals surface area contributed by atoms with Gasteiger partial charge in [-0.2, -0.15) is 0 Å². The van der Waals surface area contributed by atoms with E-state index in [1.54, 1.807) is 0 Å². The maximum absolute atomic E-state index is 6.47. The first-order valence-corrected chi connectivity index (χ1v) is 8.03. The van der Waals surface area contributed by atoms with Crippen LogP contribution in [0.2, 0.25) is 10.0 Å².